The van der Waals surface area contributed by atoms with Gasteiger partial charge in [0.05, 0.1) is 27.3 Å². The first-order valence-corrected chi connectivity index (χ1v) is 10.5. The molecule has 3 aromatic rings. The number of halogens is 2. The Bertz CT molecular complexity index is 1280. The van der Waals surface area contributed by atoms with Crippen molar-refractivity contribution in [1.29, 1.82) is 0 Å². The van der Waals surface area contributed by atoms with Crippen LogP contribution in [0.25, 0.3) is 0 Å². The average Bonchev–Trinajstić information content (AvgIpc) is 2.71. The number of pyridine rings is 1. The highest BCUT2D eigenvalue weighted by Gasteiger charge is 2.13. The molecule has 0 aliphatic rings. The highest BCUT2D eigenvalue weighted by Crippen LogP contribution is 2.19. The van der Waals surface area contributed by atoms with Crippen molar-refractivity contribution in [2.24, 2.45) is 4.36 Å². The molecule has 0 saturated carbocycles. The predicted octanol–water partition coefficient (Wildman–Crippen LogP) is 4.07. The van der Waals surface area contributed by atoms with Gasteiger partial charge in [-0.3, -0.25) is 9.78 Å². The lowest BCUT2D eigenvalue weighted by Crippen LogP contribution is -2.05. The van der Waals surface area contributed by atoms with Crippen LogP contribution in [0, 0.1) is 23.5 Å². The fraction of sp³-hybridized carbons (Fsp3) is 0.0909. The van der Waals surface area contributed by atoms with Gasteiger partial charge in [0.15, 0.2) is 0 Å². The molecule has 2 aromatic carbocycles. The summed E-state index contributed by atoms with van der Waals surface area (Å²) >= 11 is 0. The van der Waals surface area contributed by atoms with Crippen LogP contribution in [-0.2, 0) is 9.73 Å². The minimum atomic E-state index is -3.02. The van der Waals surface area contributed by atoms with Crippen molar-refractivity contribution in [3.8, 4) is 17.6 Å². The molecule has 0 radical (unpaired) electrons. The topological polar surface area (TPSA) is 68.6 Å². The summed E-state index contributed by atoms with van der Waals surface area (Å²) in [6.07, 6.45) is 4.03. The molecule has 1 aromatic heterocycles. The Hall–Kier alpha value is -3.57. The van der Waals surface area contributed by atoms with Gasteiger partial charge >= 0.3 is 0 Å². The van der Waals surface area contributed by atoms with E-state index >= 15 is 0 Å². The van der Waals surface area contributed by atoms with Crippen LogP contribution in [0.4, 0.5) is 8.78 Å². The number of hydrogen-bond donors (Lipinski definition) is 0. The number of methoxy groups -OCH3 is 1. The van der Waals surface area contributed by atoms with E-state index in [0.29, 0.717) is 16.2 Å². The van der Waals surface area contributed by atoms with Crippen molar-refractivity contribution >= 4 is 15.6 Å². The lowest BCUT2D eigenvalue weighted by atomic mass is 10.1. The molecule has 8 heteroatoms. The van der Waals surface area contributed by atoms with Crippen molar-refractivity contribution in [2.45, 2.75) is 4.90 Å². The zero-order chi connectivity index (χ0) is 21.7. The Morgan fingerprint density at radius 2 is 1.73 bits per heavy atom. The van der Waals surface area contributed by atoms with E-state index in [1.807, 2.05) is 0 Å². The van der Waals surface area contributed by atoms with Crippen LogP contribution in [0.2, 0.25) is 0 Å². The molecule has 0 spiro atoms. The number of carbonyl (C=O) groups excluding carboxylic acids is 1. The van der Waals surface area contributed by atoms with Crippen molar-refractivity contribution < 1.29 is 22.5 Å². The number of nitrogens with zero attached hydrogens (tertiary/aromatic N) is 2. The normalized spacial score (nSPS) is 12.3. The molecule has 5 nitrogen and oxygen atoms in total. The van der Waals surface area contributed by atoms with E-state index in [2.05, 4.69) is 21.2 Å². The molecular formula is C22H16F2N2O3S. The van der Waals surface area contributed by atoms with Crippen molar-refractivity contribution in [3.63, 3.8) is 0 Å². The Balaban J connectivity index is 1.90. The van der Waals surface area contributed by atoms with Crippen LogP contribution < -0.4 is 4.74 Å². The van der Waals surface area contributed by atoms with Crippen molar-refractivity contribution in [3.05, 3.63) is 89.2 Å². The Morgan fingerprint density at radius 3 is 2.43 bits per heavy atom. The summed E-state index contributed by atoms with van der Waals surface area (Å²) in [5.41, 5.74) is 0.568. The molecule has 0 fully saturated rings. The number of amides is 1. The molecule has 152 valence electrons. The monoisotopic (exact) mass is 426 g/mol. The van der Waals surface area contributed by atoms with Crippen molar-refractivity contribution in [1.82, 2.24) is 4.98 Å². The van der Waals surface area contributed by atoms with Crippen LogP contribution in [0.1, 0.15) is 21.5 Å². The molecule has 30 heavy (non-hydrogen) atoms. The number of benzene rings is 2. The van der Waals surface area contributed by atoms with E-state index in [1.165, 1.54) is 31.8 Å². The lowest BCUT2D eigenvalue weighted by Gasteiger charge is -2.06. The van der Waals surface area contributed by atoms with Crippen molar-refractivity contribution in [2.75, 3.05) is 13.4 Å². The maximum absolute atomic E-state index is 13.3. The summed E-state index contributed by atoms with van der Waals surface area (Å²) in [6, 6.07) is 10.8. The van der Waals surface area contributed by atoms with Gasteiger partial charge in [-0.25, -0.2) is 13.0 Å². The van der Waals surface area contributed by atoms with Gasteiger partial charge in [0, 0.05) is 35.8 Å². The van der Waals surface area contributed by atoms with Crippen LogP contribution in [-0.4, -0.2) is 28.5 Å². The first-order chi connectivity index (χ1) is 14.3. The number of rotatable bonds is 3. The summed E-state index contributed by atoms with van der Waals surface area (Å²) in [7, 11) is -1.54. The second-order valence-electron chi connectivity index (χ2n) is 6.25. The summed E-state index contributed by atoms with van der Waals surface area (Å²) in [6.45, 7) is 0. The van der Waals surface area contributed by atoms with E-state index in [0.717, 1.165) is 18.2 Å². The van der Waals surface area contributed by atoms with Gasteiger partial charge in [0.25, 0.3) is 5.91 Å². The molecule has 1 atom stereocenters. The summed E-state index contributed by atoms with van der Waals surface area (Å²) < 4.78 is 48.4. The molecular weight excluding hydrogens is 410 g/mol. The zero-order valence-electron chi connectivity index (χ0n) is 16.1. The SMILES string of the molecule is COc1cccc(S(C)(=O)=NC(=O)c2cncc(C#Cc3cc(F)cc(F)c3)c2)c1. The lowest BCUT2D eigenvalue weighted by molar-refractivity contribution is 0.100. The second-order valence-corrected chi connectivity index (χ2v) is 8.51. The number of carbonyl (C=O) groups is 1. The summed E-state index contributed by atoms with van der Waals surface area (Å²) in [4.78, 5) is 16.8. The molecule has 0 bridgehead atoms. The molecule has 1 amide bonds. The van der Waals surface area contributed by atoms with Gasteiger partial charge in [-0.2, -0.15) is 4.36 Å². The fourth-order valence-corrected chi connectivity index (χ4v) is 3.69. The van der Waals surface area contributed by atoms with Gasteiger partial charge in [-0.15, -0.1) is 0 Å². The van der Waals surface area contributed by atoms with E-state index in [4.69, 9.17) is 4.74 Å². The molecule has 0 N–H and O–H groups in total. The molecule has 3 rings (SSSR count). The summed E-state index contributed by atoms with van der Waals surface area (Å²) in [5.74, 6) is 3.60. The largest absolute Gasteiger partial charge is 0.497 e. The van der Waals surface area contributed by atoms with Gasteiger partial charge in [-0.05, 0) is 36.4 Å². The molecule has 1 heterocycles. The van der Waals surface area contributed by atoms with Gasteiger partial charge in [0.1, 0.15) is 17.4 Å². The fourth-order valence-electron chi connectivity index (χ4n) is 2.50. The Morgan fingerprint density at radius 1 is 1.03 bits per heavy atom. The number of aromatic nitrogens is 1. The van der Waals surface area contributed by atoms with Crippen LogP contribution in [0.5, 0.6) is 5.75 Å². The number of hydrogen-bond acceptors (Lipinski definition) is 4. The molecule has 0 aliphatic carbocycles. The van der Waals surface area contributed by atoms with E-state index in [9.17, 15) is 17.8 Å². The minimum absolute atomic E-state index is 0.0877. The van der Waals surface area contributed by atoms with Crippen LogP contribution in [0.3, 0.4) is 0 Å². The summed E-state index contributed by atoms with van der Waals surface area (Å²) in [5, 5.41) is 0. The van der Waals surface area contributed by atoms with E-state index in [-0.39, 0.29) is 11.1 Å². The number of ether oxygens (including phenoxy) is 1. The van der Waals surface area contributed by atoms with E-state index < -0.39 is 27.3 Å². The molecule has 0 saturated heterocycles. The first kappa shape index (κ1) is 21.1. The third-order valence-electron chi connectivity index (χ3n) is 3.93. The Labute approximate surface area is 172 Å². The highest BCUT2D eigenvalue weighted by molar-refractivity contribution is 7.93. The maximum Gasteiger partial charge on any atom is 0.286 e. The second kappa shape index (κ2) is 8.84. The third-order valence-corrected chi connectivity index (χ3v) is 5.58. The van der Waals surface area contributed by atoms with Gasteiger partial charge in [0.2, 0.25) is 0 Å². The zero-order valence-corrected chi connectivity index (χ0v) is 16.9. The highest BCUT2D eigenvalue weighted by atomic mass is 32.2. The first-order valence-electron chi connectivity index (χ1n) is 8.60. The van der Waals surface area contributed by atoms with Crippen LogP contribution in [0.15, 0.2) is 70.2 Å². The van der Waals surface area contributed by atoms with Crippen LogP contribution >= 0.6 is 0 Å². The minimum Gasteiger partial charge on any atom is -0.497 e. The van der Waals surface area contributed by atoms with Gasteiger partial charge < -0.3 is 4.74 Å². The quantitative estimate of drug-likeness (QED) is 0.592. The van der Waals surface area contributed by atoms with E-state index in [1.54, 1.807) is 24.3 Å². The molecule has 1 unspecified atom stereocenters. The standard InChI is InChI=1S/C22H16F2N2O3S/c1-29-20-4-3-5-21(12-20)30(2,28)26-22(27)17-8-16(13-25-14-17)7-6-15-9-18(23)11-19(24)10-15/h3-5,8-14H,1-2H3. The average molecular weight is 426 g/mol. The predicted molar refractivity (Wildman–Crippen MR) is 109 cm³/mol. The van der Waals surface area contributed by atoms with Gasteiger partial charge in [-0.1, -0.05) is 17.9 Å². The smallest absolute Gasteiger partial charge is 0.286 e. The Kier molecular flexibility index (Phi) is 6.23. The molecule has 0 aliphatic heterocycles. The third kappa shape index (κ3) is 5.27. The maximum atomic E-state index is 13.3.